The van der Waals surface area contributed by atoms with Crippen molar-refractivity contribution in [2.45, 2.75) is 11.8 Å². The van der Waals surface area contributed by atoms with E-state index in [0.29, 0.717) is 10.8 Å². The van der Waals surface area contributed by atoms with E-state index in [-0.39, 0.29) is 4.90 Å². The summed E-state index contributed by atoms with van der Waals surface area (Å²) in [7, 11) is -3.69. The van der Waals surface area contributed by atoms with Gasteiger partial charge >= 0.3 is 0 Å². The quantitative estimate of drug-likeness (QED) is 0.584. The predicted octanol–water partition coefficient (Wildman–Crippen LogP) is 1.54. The number of nitrogens with zero attached hydrogens (tertiary/aromatic N) is 1. The second-order valence-corrected chi connectivity index (χ2v) is 6.41. The van der Waals surface area contributed by atoms with Gasteiger partial charge < -0.3 is 5.43 Å². The van der Waals surface area contributed by atoms with Crippen LogP contribution in [-0.4, -0.2) is 13.4 Å². The van der Waals surface area contributed by atoms with E-state index in [1.54, 1.807) is 24.4 Å². The first-order valence-corrected chi connectivity index (χ1v) is 7.34. The summed E-state index contributed by atoms with van der Waals surface area (Å²) in [5.74, 6) is 5.29. The number of hydrogen-bond acceptors (Lipinski definition) is 6. The Balaban J connectivity index is 2.36. The Morgan fingerprint density at radius 3 is 2.67 bits per heavy atom. The van der Waals surface area contributed by atoms with Crippen molar-refractivity contribution in [1.82, 2.24) is 4.98 Å². The summed E-state index contributed by atoms with van der Waals surface area (Å²) < 4.78 is 26.7. The van der Waals surface area contributed by atoms with Gasteiger partial charge in [0.05, 0.1) is 5.69 Å². The maximum absolute atomic E-state index is 12.2. The van der Waals surface area contributed by atoms with Crippen molar-refractivity contribution in [2.24, 2.45) is 5.84 Å². The Bertz CT molecular complexity index is 651. The van der Waals surface area contributed by atoms with Crippen molar-refractivity contribution in [3.63, 3.8) is 0 Å². The number of nitrogens with two attached hydrogens (primary N) is 1. The minimum atomic E-state index is -3.69. The number of benzene rings is 1. The second-order valence-electron chi connectivity index (χ2n) is 3.52. The first-order valence-electron chi connectivity index (χ1n) is 5.04. The maximum Gasteiger partial charge on any atom is 0.265 e. The molecule has 0 unspecified atom stereocenters. The average Bonchev–Trinajstić information content (AvgIpc) is 2.74. The van der Waals surface area contributed by atoms with E-state index in [0.717, 1.165) is 4.88 Å². The normalized spacial score (nSPS) is 11.2. The zero-order valence-corrected chi connectivity index (χ0v) is 11.2. The molecule has 0 radical (unpaired) electrons. The lowest BCUT2D eigenvalue weighted by atomic mass is 10.3. The molecule has 1 aromatic carbocycles. The summed E-state index contributed by atoms with van der Waals surface area (Å²) >= 11 is 1.27. The number of hydrazine groups is 1. The van der Waals surface area contributed by atoms with Crippen LogP contribution in [0, 0.1) is 6.92 Å². The minimum Gasteiger partial charge on any atom is -0.323 e. The van der Waals surface area contributed by atoms with Crippen LogP contribution in [0.4, 0.5) is 10.8 Å². The third kappa shape index (κ3) is 2.61. The van der Waals surface area contributed by atoms with Gasteiger partial charge in [0, 0.05) is 11.1 Å². The van der Waals surface area contributed by atoms with Crippen LogP contribution < -0.4 is 16.0 Å². The Kier molecular flexibility index (Phi) is 3.50. The molecule has 0 aliphatic heterocycles. The molecule has 0 aliphatic rings. The summed E-state index contributed by atoms with van der Waals surface area (Å²) in [4.78, 5) is 4.97. The van der Waals surface area contributed by atoms with Gasteiger partial charge in [-0.05, 0) is 19.1 Å². The maximum atomic E-state index is 12.2. The molecule has 8 heteroatoms. The van der Waals surface area contributed by atoms with Crippen molar-refractivity contribution >= 4 is 32.2 Å². The molecule has 0 aliphatic carbocycles. The fourth-order valence-electron chi connectivity index (χ4n) is 1.39. The number of hydrogen-bond donors (Lipinski definition) is 3. The molecule has 18 heavy (non-hydrogen) atoms. The molecule has 0 saturated carbocycles. The van der Waals surface area contributed by atoms with Gasteiger partial charge in [-0.25, -0.2) is 13.4 Å². The average molecular weight is 284 g/mol. The lowest BCUT2D eigenvalue weighted by molar-refractivity contribution is 0.601. The van der Waals surface area contributed by atoms with E-state index >= 15 is 0 Å². The van der Waals surface area contributed by atoms with Crippen LogP contribution in [-0.2, 0) is 10.0 Å². The lowest BCUT2D eigenvalue weighted by Gasteiger charge is -2.09. The SMILES string of the molecule is Cc1cnc(NS(=O)(=O)c2ccccc2NN)s1. The van der Waals surface area contributed by atoms with Crippen LogP contribution in [0.15, 0.2) is 35.4 Å². The summed E-state index contributed by atoms with van der Waals surface area (Å²) in [5, 5.41) is 0.333. The molecule has 2 aromatic rings. The Morgan fingerprint density at radius 1 is 1.33 bits per heavy atom. The first-order chi connectivity index (χ1) is 8.53. The summed E-state index contributed by atoms with van der Waals surface area (Å²) in [6.07, 6.45) is 1.61. The predicted molar refractivity (Wildman–Crippen MR) is 71.9 cm³/mol. The van der Waals surface area contributed by atoms with Crippen LogP contribution >= 0.6 is 11.3 Å². The number of nitrogens with one attached hydrogen (secondary N) is 2. The monoisotopic (exact) mass is 284 g/mol. The third-order valence-corrected chi connectivity index (χ3v) is 4.53. The number of rotatable bonds is 4. The van der Waals surface area contributed by atoms with Gasteiger partial charge in [0.15, 0.2) is 5.13 Å². The highest BCUT2D eigenvalue weighted by Gasteiger charge is 2.19. The van der Waals surface area contributed by atoms with Gasteiger partial charge in [-0.1, -0.05) is 12.1 Å². The van der Waals surface area contributed by atoms with Gasteiger partial charge in [0.1, 0.15) is 4.90 Å². The molecule has 0 amide bonds. The molecule has 0 atom stereocenters. The van der Waals surface area contributed by atoms with Crippen molar-refractivity contribution < 1.29 is 8.42 Å². The van der Waals surface area contributed by atoms with E-state index in [2.05, 4.69) is 15.1 Å². The van der Waals surface area contributed by atoms with Crippen LogP contribution in [0.5, 0.6) is 0 Å². The fourth-order valence-corrected chi connectivity index (χ4v) is 3.47. The zero-order valence-electron chi connectivity index (χ0n) is 9.54. The molecule has 96 valence electrons. The molecule has 2 rings (SSSR count). The largest absolute Gasteiger partial charge is 0.323 e. The standard InChI is InChI=1S/C10H12N4O2S2/c1-7-6-12-10(17-7)14-18(15,16)9-5-3-2-4-8(9)13-11/h2-6,13H,11H2,1H3,(H,12,14). The van der Waals surface area contributed by atoms with Crippen molar-refractivity contribution in [3.05, 3.63) is 35.3 Å². The highest BCUT2D eigenvalue weighted by Crippen LogP contribution is 2.24. The zero-order chi connectivity index (χ0) is 13.2. The molecule has 1 aromatic heterocycles. The topological polar surface area (TPSA) is 97.1 Å². The Labute approximate surface area is 109 Å². The van der Waals surface area contributed by atoms with Crippen molar-refractivity contribution in [2.75, 3.05) is 10.1 Å². The van der Waals surface area contributed by atoms with Gasteiger partial charge in [0.25, 0.3) is 10.0 Å². The van der Waals surface area contributed by atoms with Gasteiger partial charge in [-0.15, -0.1) is 11.3 Å². The summed E-state index contributed by atoms with van der Waals surface area (Å²) in [6, 6.07) is 6.38. The van der Waals surface area contributed by atoms with Crippen LogP contribution in [0.25, 0.3) is 0 Å². The lowest BCUT2D eigenvalue weighted by Crippen LogP contribution is -2.17. The molecule has 0 fully saturated rings. The number of thiazole rings is 1. The van der Waals surface area contributed by atoms with Crippen LogP contribution in [0.2, 0.25) is 0 Å². The second kappa shape index (κ2) is 4.92. The molecular formula is C10H12N4O2S2. The number of aromatic nitrogens is 1. The Morgan fingerprint density at radius 2 is 2.06 bits per heavy atom. The number of nitrogen functional groups attached to an aromatic ring is 1. The van der Waals surface area contributed by atoms with E-state index in [9.17, 15) is 8.42 Å². The van der Waals surface area contributed by atoms with Gasteiger partial charge in [0.2, 0.25) is 0 Å². The van der Waals surface area contributed by atoms with Crippen LogP contribution in [0.1, 0.15) is 4.88 Å². The molecule has 0 saturated heterocycles. The molecule has 1 heterocycles. The molecule has 4 N–H and O–H groups in total. The molecule has 0 spiro atoms. The third-order valence-electron chi connectivity index (χ3n) is 2.18. The highest BCUT2D eigenvalue weighted by molar-refractivity contribution is 7.93. The Hall–Kier alpha value is -1.64. The molecule has 0 bridgehead atoms. The van der Waals surface area contributed by atoms with E-state index in [1.807, 2.05) is 6.92 Å². The van der Waals surface area contributed by atoms with E-state index < -0.39 is 10.0 Å². The van der Waals surface area contributed by atoms with Crippen molar-refractivity contribution in [1.29, 1.82) is 0 Å². The molecular weight excluding hydrogens is 272 g/mol. The van der Waals surface area contributed by atoms with Crippen molar-refractivity contribution in [3.8, 4) is 0 Å². The summed E-state index contributed by atoms with van der Waals surface area (Å²) in [6.45, 7) is 1.85. The first kappa shape index (κ1) is 12.8. The van der Waals surface area contributed by atoms with Gasteiger partial charge in [-0.2, -0.15) is 0 Å². The smallest absolute Gasteiger partial charge is 0.265 e. The number of anilines is 2. The minimum absolute atomic E-state index is 0.0837. The molecule has 6 nitrogen and oxygen atoms in total. The van der Waals surface area contributed by atoms with E-state index in [1.165, 1.54) is 17.4 Å². The number of para-hydroxylation sites is 1. The van der Waals surface area contributed by atoms with Crippen LogP contribution in [0.3, 0.4) is 0 Å². The van der Waals surface area contributed by atoms with Gasteiger partial charge in [-0.3, -0.25) is 10.6 Å². The summed E-state index contributed by atoms with van der Waals surface area (Å²) in [5.41, 5.74) is 2.69. The number of aryl methyl sites for hydroxylation is 1. The highest BCUT2D eigenvalue weighted by atomic mass is 32.2. The fraction of sp³-hybridized carbons (Fsp3) is 0.100. The number of sulfonamides is 1. The van der Waals surface area contributed by atoms with E-state index in [4.69, 9.17) is 5.84 Å².